The van der Waals surface area contributed by atoms with Crippen LogP contribution in [0, 0.1) is 17.0 Å². The number of carbonyl (C=O) groups is 2. The maximum atomic E-state index is 12.2. The number of piperidine rings is 1. The summed E-state index contributed by atoms with van der Waals surface area (Å²) in [4.78, 5) is 37.0. The minimum Gasteiger partial charge on any atom is -0.372 e. The normalized spacial score (nSPS) is 13.6. The topological polar surface area (TPSA) is 105 Å². The van der Waals surface area contributed by atoms with Gasteiger partial charge < -0.3 is 15.5 Å². The van der Waals surface area contributed by atoms with E-state index in [0.717, 1.165) is 18.8 Å². The fourth-order valence-electron chi connectivity index (χ4n) is 3.38. The quantitative estimate of drug-likeness (QED) is 0.576. The van der Waals surface area contributed by atoms with Crippen LogP contribution in [0.3, 0.4) is 0 Å². The molecule has 1 aliphatic heterocycles. The van der Waals surface area contributed by atoms with Crippen LogP contribution in [-0.2, 0) is 4.79 Å². The van der Waals surface area contributed by atoms with Crippen LogP contribution in [0.2, 0.25) is 0 Å². The lowest BCUT2D eigenvalue weighted by Crippen LogP contribution is -2.33. The lowest BCUT2D eigenvalue weighted by atomic mass is 10.1. The number of nitro benzene ring substituents is 1. The van der Waals surface area contributed by atoms with Gasteiger partial charge in [0, 0.05) is 41.7 Å². The third-order valence-corrected chi connectivity index (χ3v) is 4.94. The molecule has 2 aromatic carbocycles. The molecule has 0 aliphatic carbocycles. The maximum Gasteiger partial charge on any atom is 0.272 e. The van der Waals surface area contributed by atoms with E-state index in [0.29, 0.717) is 11.3 Å². The van der Waals surface area contributed by atoms with Crippen molar-refractivity contribution in [2.45, 2.75) is 26.2 Å². The number of hydrogen-bond acceptors (Lipinski definition) is 5. The van der Waals surface area contributed by atoms with Gasteiger partial charge >= 0.3 is 0 Å². The average Bonchev–Trinajstić information content (AvgIpc) is 2.73. The molecule has 2 N–H and O–H groups in total. The van der Waals surface area contributed by atoms with Gasteiger partial charge in [0.2, 0.25) is 5.91 Å². The highest BCUT2D eigenvalue weighted by Crippen LogP contribution is 2.22. The number of nitrogens with one attached hydrogen (secondary N) is 2. The van der Waals surface area contributed by atoms with E-state index in [2.05, 4.69) is 15.5 Å². The molecule has 0 bridgehead atoms. The van der Waals surface area contributed by atoms with E-state index >= 15 is 0 Å². The van der Waals surface area contributed by atoms with Crippen molar-refractivity contribution < 1.29 is 14.5 Å². The van der Waals surface area contributed by atoms with Crippen molar-refractivity contribution in [1.29, 1.82) is 0 Å². The van der Waals surface area contributed by atoms with Crippen molar-refractivity contribution in [2.75, 3.05) is 29.9 Å². The predicted octanol–water partition coefficient (Wildman–Crippen LogP) is 3.26. The molecule has 8 heteroatoms. The molecule has 0 unspecified atom stereocenters. The summed E-state index contributed by atoms with van der Waals surface area (Å²) in [5.74, 6) is -0.804. The van der Waals surface area contributed by atoms with E-state index in [1.165, 1.54) is 37.5 Å². The summed E-state index contributed by atoms with van der Waals surface area (Å²) in [5, 5.41) is 16.1. The van der Waals surface area contributed by atoms with Crippen LogP contribution < -0.4 is 15.5 Å². The van der Waals surface area contributed by atoms with Gasteiger partial charge in [-0.3, -0.25) is 19.7 Å². The Morgan fingerprint density at radius 3 is 2.38 bits per heavy atom. The molecule has 152 valence electrons. The molecule has 0 radical (unpaired) electrons. The second-order valence-electron chi connectivity index (χ2n) is 7.08. The molecule has 0 spiro atoms. The molecule has 1 fully saturated rings. The van der Waals surface area contributed by atoms with E-state index in [-0.39, 0.29) is 23.7 Å². The van der Waals surface area contributed by atoms with Crippen molar-refractivity contribution in [3.63, 3.8) is 0 Å². The van der Waals surface area contributed by atoms with Crippen LogP contribution in [0.4, 0.5) is 17.1 Å². The molecule has 2 aromatic rings. The molecule has 8 nitrogen and oxygen atoms in total. The van der Waals surface area contributed by atoms with E-state index in [9.17, 15) is 19.7 Å². The van der Waals surface area contributed by atoms with Crippen molar-refractivity contribution in [1.82, 2.24) is 5.32 Å². The van der Waals surface area contributed by atoms with Gasteiger partial charge in [-0.15, -0.1) is 0 Å². The van der Waals surface area contributed by atoms with E-state index in [1.807, 2.05) is 24.3 Å². The fraction of sp³-hybridized carbons (Fsp3) is 0.333. The van der Waals surface area contributed by atoms with E-state index in [1.54, 1.807) is 6.92 Å². The number of nitro groups is 1. The van der Waals surface area contributed by atoms with Gasteiger partial charge in [-0.2, -0.15) is 0 Å². The minimum atomic E-state index is -0.499. The zero-order valence-corrected chi connectivity index (χ0v) is 16.3. The number of carbonyl (C=O) groups excluding carboxylic acids is 2. The lowest BCUT2D eigenvalue weighted by Gasteiger charge is -2.28. The highest BCUT2D eigenvalue weighted by Gasteiger charge is 2.15. The summed E-state index contributed by atoms with van der Waals surface area (Å²) in [6.45, 7) is 3.48. The average molecular weight is 396 g/mol. The molecule has 1 aliphatic rings. The Morgan fingerprint density at radius 2 is 1.76 bits per heavy atom. The summed E-state index contributed by atoms with van der Waals surface area (Å²) in [7, 11) is 0. The second-order valence-corrected chi connectivity index (χ2v) is 7.08. The van der Waals surface area contributed by atoms with Crippen LogP contribution in [0.5, 0.6) is 0 Å². The molecule has 3 rings (SSSR count). The van der Waals surface area contributed by atoms with Crippen LogP contribution in [0.15, 0.2) is 42.5 Å². The van der Waals surface area contributed by atoms with Crippen LogP contribution in [-0.4, -0.2) is 36.4 Å². The molecule has 1 saturated heterocycles. The number of rotatable bonds is 6. The summed E-state index contributed by atoms with van der Waals surface area (Å²) in [6, 6.07) is 11.8. The Labute approximate surface area is 169 Å². The number of amides is 2. The lowest BCUT2D eigenvalue weighted by molar-refractivity contribution is -0.385. The Kier molecular flexibility index (Phi) is 6.43. The van der Waals surface area contributed by atoms with Crippen LogP contribution >= 0.6 is 0 Å². The Morgan fingerprint density at radius 1 is 1.07 bits per heavy atom. The highest BCUT2D eigenvalue weighted by molar-refractivity contribution is 5.99. The van der Waals surface area contributed by atoms with Crippen molar-refractivity contribution in [2.24, 2.45) is 0 Å². The zero-order valence-electron chi connectivity index (χ0n) is 16.3. The summed E-state index contributed by atoms with van der Waals surface area (Å²) < 4.78 is 0. The monoisotopic (exact) mass is 396 g/mol. The predicted molar refractivity (Wildman–Crippen MR) is 111 cm³/mol. The summed E-state index contributed by atoms with van der Waals surface area (Å²) in [6.07, 6.45) is 3.68. The highest BCUT2D eigenvalue weighted by atomic mass is 16.6. The first-order chi connectivity index (χ1) is 13.9. The SMILES string of the molecule is Cc1cc(C(=O)NCC(=O)Nc2ccc(N3CCCCC3)cc2)ccc1[N+](=O)[O-]. The molecule has 2 amide bonds. The van der Waals surface area contributed by atoms with Gasteiger partial charge in [-0.1, -0.05) is 0 Å². The molecular weight excluding hydrogens is 372 g/mol. The first kappa shape index (κ1) is 20.3. The Hall–Kier alpha value is -3.42. The van der Waals surface area contributed by atoms with Crippen molar-refractivity contribution in [3.8, 4) is 0 Å². The van der Waals surface area contributed by atoms with Gasteiger partial charge in [-0.25, -0.2) is 0 Å². The number of benzene rings is 2. The van der Waals surface area contributed by atoms with Crippen molar-refractivity contribution >= 4 is 28.9 Å². The smallest absolute Gasteiger partial charge is 0.272 e. The van der Waals surface area contributed by atoms with Gasteiger partial charge in [0.1, 0.15) is 0 Å². The Balaban J connectivity index is 1.51. The fourth-order valence-corrected chi connectivity index (χ4v) is 3.38. The molecule has 0 aromatic heterocycles. The Bertz CT molecular complexity index is 905. The third kappa shape index (κ3) is 5.31. The van der Waals surface area contributed by atoms with E-state index in [4.69, 9.17) is 0 Å². The van der Waals surface area contributed by atoms with Gasteiger partial charge in [0.15, 0.2) is 0 Å². The van der Waals surface area contributed by atoms with Gasteiger partial charge in [-0.05, 0) is 62.6 Å². The summed E-state index contributed by atoms with van der Waals surface area (Å²) in [5.41, 5.74) is 2.42. The summed E-state index contributed by atoms with van der Waals surface area (Å²) >= 11 is 0. The first-order valence-electron chi connectivity index (χ1n) is 9.62. The zero-order chi connectivity index (χ0) is 20.8. The van der Waals surface area contributed by atoms with Crippen molar-refractivity contribution in [3.05, 3.63) is 63.7 Å². The standard InChI is InChI=1S/C21H24N4O4/c1-15-13-16(5-10-19(15)25(28)29)21(27)22-14-20(26)23-17-6-8-18(9-7-17)24-11-3-2-4-12-24/h5-10,13H,2-4,11-12,14H2,1H3,(H,22,27)(H,23,26). The molecular formula is C21H24N4O4. The molecule has 29 heavy (non-hydrogen) atoms. The number of hydrogen-bond donors (Lipinski definition) is 2. The number of aryl methyl sites for hydroxylation is 1. The van der Waals surface area contributed by atoms with E-state index < -0.39 is 10.8 Å². The van der Waals surface area contributed by atoms with Gasteiger partial charge in [0.25, 0.3) is 11.6 Å². The molecule has 0 saturated carbocycles. The maximum absolute atomic E-state index is 12.2. The second kappa shape index (κ2) is 9.18. The number of nitrogens with zero attached hydrogens (tertiary/aromatic N) is 2. The number of anilines is 2. The van der Waals surface area contributed by atoms with Crippen LogP contribution in [0.25, 0.3) is 0 Å². The first-order valence-corrected chi connectivity index (χ1v) is 9.62. The largest absolute Gasteiger partial charge is 0.372 e. The molecule has 1 heterocycles. The van der Waals surface area contributed by atoms with Crippen LogP contribution in [0.1, 0.15) is 35.2 Å². The minimum absolute atomic E-state index is 0.0488. The molecule has 0 atom stereocenters. The van der Waals surface area contributed by atoms with Gasteiger partial charge in [0.05, 0.1) is 11.5 Å². The third-order valence-electron chi connectivity index (χ3n) is 4.94.